The molecule has 1 aliphatic rings. The second-order valence-corrected chi connectivity index (χ2v) is 7.71. The molecular formula is C21H20Cl2N4O2. The number of aromatic amines is 1. The Labute approximate surface area is 178 Å². The lowest BCUT2D eigenvalue weighted by Crippen LogP contribution is -2.25. The van der Waals surface area contributed by atoms with Gasteiger partial charge in [0.1, 0.15) is 23.5 Å². The lowest BCUT2D eigenvalue weighted by molar-refractivity contribution is 0.225. The normalized spacial score (nSPS) is 16.2. The van der Waals surface area contributed by atoms with Gasteiger partial charge in [0.05, 0.1) is 16.6 Å². The van der Waals surface area contributed by atoms with Crippen LogP contribution in [0.25, 0.3) is 11.4 Å². The first-order chi connectivity index (χ1) is 14.0. The highest BCUT2D eigenvalue weighted by atomic mass is 35.5. The SMILES string of the molecule is CCc1cc(=O)[nH]c(-c2ccc(N3CCC(Oc4ccc(Cl)c(Cl)c4)C3)nc2)n1. The lowest BCUT2D eigenvalue weighted by Gasteiger charge is -2.18. The first-order valence-electron chi connectivity index (χ1n) is 9.45. The average Bonchev–Trinajstić information content (AvgIpc) is 3.19. The zero-order chi connectivity index (χ0) is 20.4. The van der Waals surface area contributed by atoms with Crippen molar-refractivity contribution in [3.05, 3.63) is 68.7 Å². The molecule has 1 atom stereocenters. The van der Waals surface area contributed by atoms with Gasteiger partial charge in [-0.3, -0.25) is 4.79 Å². The highest BCUT2D eigenvalue weighted by Gasteiger charge is 2.25. The van der Waals surface area contributed by atoms with Gasteiger partial charge < -0.3 is 14.6 Å². The van der Waals surface area contributed by atoms with Gasteiger partial charge in [-0.1, -0.05) is 30.1 Å². The Balaban J connectivity index is 1.44. The fourth-order valence-electron chi connectivity index (χ4n) is 3.31. The number of hydrogen-bond acceptors (Lipinski definition) is 5. The third-order valence-corrected chi connectivity index (χ3v) is 5.58. The minimum absolute atomic E-state index is 0.0491. The maximum Gasteiger partial charge on any atom is 0.251 e. The molecular weight excluding hydrogens is 411 g/mol. The molecule has 1 saturated heterocycles. The number of nitrogens with zero attached hydrogens (tertiary/aromatic N) is 3. The third-order valence-electron chi connectivity index (χ3n) is 4.84. The first-order valence-corrected chi connectivity index (χ1v) is 10.2. The number of H-pyrrole nitrogens is 1. The van der Waals surface area contributed by atoms with E-state index in [9.17, 15) is 4.79 Å². The van der Waals surface area contributed by atoms with E-state index in [0.29, 0.717) is 28.0 Å². The van der Waals surface area contributed by atoms with Crippen LogP contribution in [0.4, 0.5) is 5.82 Å². The number of benzene rings is 1. The Morgan fingerprint density at radius 2 is 2.07 bits per heavy atom. The summed E-state index contributed by atoms with van der Waals surface area (Å²) in [5, 5.41) is 0.992. The van der Waals surface area contributed by atoms with E-state index in [1.165, 1.54) is 6.07 Å². The average molecular weight is 431 g/mol. The molecule has 3 aromatic rings. The van der Waals surface area contributed by atoms with Gasteiger partial charge in [0.25, 0.3) is 5.56 Å². The molecule has 8 heteroatoms. The maximum atomic E-state index is 11.8. The largest absolute Gasteiger partial charge is 0.488 e. The van der Waals surface area contributed by atoms with Crippen LogP contribution in [-0.2, 0) is 6.42 Å². The van der Waals surface area contributed by atoms with Crippen LogP contribution in [0, 0.1) is 0 Å². The fourth-order valence-corrected chi connectivity index (χ4v) is 3.60. The van der Waals surface area contributed by atoms with E-state index < -0.39 is 0 Å². The van der Waals surface area contributed by atoms with Crippen molar-refractivity contribution in [1.82, 2.24) is 15.0 Å². The van der Waals surface area contributed by atoms with Gasteiger partial charge in [-0.15, -0.1) is 0 Å². The Morgan fingerprint density at radius 1 is 1.21 bits per heavy atom. The van der Waals surface area contributed by atoms with E-state index in [2.05, 4.69) is 19.9 Å². The molecule has 0 radical (unpaired) electrons. The van der Waals surface area contributed by atoms with Crippen molar-refractivity contribution in [2.24, 2.45) is 0 Å². The molecule has 4 rings (SSSR count). The van der Waals surface area contributed by atoms with Crippen molar-refractivity contribution in [1.29, 1.82) is 0 Å². The number of aromatic nitrogens is 3. The molecule has 1 fully saturated rings. The molecule has 0 amide bonds. The summed E-state index contributed by atoms with van der Waals surface area (Å²) in [6.07, 6.45) is 3.38. The third kappa shape index (κ3) is 4.54. The Bertz CT molecular complexity index is 1070. The Kier molecular flexibility index (Phi) is 5.74. The molecule has 0 bridgehead atoms. The summed E-state index contributed by atoms with van der Waals surface area (Å²) in [6.45, 7) is 3.54. The zero-order valence-electron chi connectivity index (χ0n) is 15.9. The van der Waals surface area contributed by atoms with Crippen LogP contribution >= 0.6 is 23.2 Å². The monoisotopic (exact) mass is 430 g/mol. The minimum atomic E-state index is -0.155. The predicted octanol–water partition coefficient (Wildman–Crippen LogP) is 4.36. The summed E-state index contributed by atoms with van der Waals surface area (Å²) in [4.78, 5) is 25.8. The Morgan fingerprint density at radius 3 is 2.79 bits per heavy atom. The van der Waals surface area contributed by atoms with Crippen molar-refractivity contribution in [3.8, 4) is 17.1 Å². The number of ether oxygens (including phenoxy) is 1. The summed E-state index contributed by atoms with van der Waals surface area (Å²) in [5.41, 5.74) is 1.39. The lowest BCUT2D eigenvalue weighted by atomic mass is 10.2. The van der Waals surface area contributed by atoms with Crippen LogP contribution in [0.15, 0.2) is 47.4 Å². The van der Waals surface area contributed by atoms with Crippen molar-refractivity contribution in [2.45, 2.75) is 25.9 Å². The van der Waals surface area contributed by atoms with E-state index in [-0.39, 0.29) is 11.7 Å². The second-order valence-electron chi connectivity index (χ2n) is 6.89. The van der Waals surface area contributed by atoms with Crippen molar-refractivity contribution in [2.75, 3.05) is 18.0 Å². The smallest absolute Gasteiger partial charge is 0.251 e. The zero-order valence-corrected chi connectivity index (χ0v) is 17.4. The fraction of sp³-hybridized carbons (Fsp3) is 0.286. The van der Waals surface area contributed by atoms with Crippen LogP contribution in [-0.4, -0.2) is 34.1 Å². The van der Waals surface area contributed by atoms with E-state index in [1.54, 1.807) is 18.3 Å². The molecule has 1 aromatic carbocycles. The van der Waals surface area contributed by atoms with Gasteiger partial charge in [0, 0.05) is 42.6 Å². The molecule has 29 heavy (non-hydrogen) atoms. The highest BCUT2D eigenvalue weighted by molar-refractivity contribution is 6.42. The topological polar surface area (TPSA) is 71.1 Å². The predicted molar refractivity (Wildman–Crippen MR) is 115 cm³/mol. The number of rotatable bonds is 5. The van der Waals surface area contributed by atoms with Gasteiger partial charge in [-0.25, -0.2) is 9.97 Å². The van der Waals surface area contributed by atoms with Gasteiger partial charge in [0.15, 0.2) is 0 Å². The van der Waals surface area contributed by atoms with Crippen LogP contribution in [0.1, 0.15) is 19.0 Å². The molecule has 0 saturated carbocycles. The molecule has 3 heterocycles. The van der Waals surface area contributed by atoms with E-state index in [4.69, 9.17) is 27.9 Å². The number of hydrogen-bond donors (Lipinski definition) is 1. The van der Waals surface area contributed by atoms with Crippen molar-refractivity contribution in [3.63, 3.8) is 0 Å². The van der Waals surface area contributed by atoms with Gasteiger partial charge in [0.2, 0.25) is 0 Å². The summed E-state index contributed by atoms with van der Waals surface area (Å²) in [6, 6.07) is 10.7. The number of aryl methyl sites for hydroxylation is 1. The van der Waals surface area contributed by atoms with Crippen LogP contribution in [0.2, 0.25) is 10.0 Å². The summed E-state index contributed by atoms with van der Waals surface area (Å²) in [5.74, 6) is 2.11. The number of anilines is 1. The standard InChI is InChI=1S/C21H20Cl2N4O2/c1-2-14-9-20(28)26-21(25-14)13-3-6-19(24-11-13)27-8-7-16(12-27)29-15-4-5-17(22)18(23)10-15/h3-6,9-11,16H,2,7-8,12H2,1H3,(H,25,26,28). The number of halogens is 2. The maximum absolute atomic E-state index is 11.8. The van der Waals surface area contributed by atoms with Crippen molar-refractivity contribution < 1.29 is 4.74 Å². The molecule has 2 aromatic heterocycles. The van der Waals surface area contributed by atoms with Gasteiger partial charge >= 0.3 is 0 Å². The quantitative estimate of drug-likeness (QED) is 0.650. The van der Waals surface area contributed by atoms with Gasteiger partial charge in [-0.05, 0) is 30.7 Å². The van der Waals surface area contributed by atoms with E-state index in [1.807, 2.05) is 25.1 Å². The Hall–Kier alpha value is -2.57. The summed E-state index contributed by atoms with van der Waals surface area (Å²) in [7, 11) is 0. The molecule has 6 nitrogen and oxygen atoms in total. The van der Waals surface area contributed by atoms with Crippen molar-refractivity contribution >= 4 is 29.0 Å². The number of nitrogens with one attached hydrogen (secondary N) is 1. The minimum Gasteiger partial charge on any atom is -0.488 e. The molecule has 1 unspecified atom stereocenters. The van der Waals surface area contributed by atoms with E-state index in [0.717, 1.165) is 36.6 Å². The summed E-state index contributed by atoms with van der Waals surface area (Å²) < 4.78 is 6.03. The second kappa shape index (κ2) is 8.43. The first kappa shape index (κ1) is 19.7. The highest BCUT2D eigenvalue weighted by Crippen LogP contribution is 2.29. The van der Waals surface area contributed by atoms with Crippen LogP contribution < -0.4 is 15.2 Å². The van der Waals surface area contributed by atoms with Crippen LogP contribution in [0.3, 0.4) is 0 Å². The molecule has 0 spiro atoms. The molecule has 1 aliphatic heterocycles. The molecule has 1 N–H and O–H groups in total. The number of pyridine rings is 1. The van der Waals surface area contributed by atoms with E-state index >= 15 is 0 Å². The summed E-state index contributed by atoms with van der Waals surface area (Å²) >= 11 is 12.0. The molecule has 150 valence electrons. The molecule has 0 aliphatic carbocycles. The van der Waals surface area contributed by atoms with Crippen LogP contribution in [0.5, 0.6) is 5.75 Å². The van der Waals surface area contributed by atoms with Gasteiger partial charge in [-0.2, -0.15) is 0 Å².